The number of halogens is 4. The van der Waals surface area contributed by atoms with Crippen LogP contribution >= 0.6 is 11.6 Å². The number of rotatable bonds is 6. The van der Waals surface area contributed by atoms with Crippen molar-refractivity contribution in [2.75, 3.05) is 27.7 Å². The summed E-state index contributed by atoms with van der Waals surface area (Å²) in [6.07, 6.45) is -4.03. The summed E-state index contributed by atoms with van der Waals surface area (Å²) in [5.74, 6) is -1.06. The third-order valence-electron chi connectivity index (χ3n) is 3.72. The van der Waals surface area contributed by atoms with Gasteiger partial charge in [-0.3, -0.25) is 13.9 Å². The first kappa shape index (κ1) is 23.5. The molecule has 0 unspecified atom stereocenters. The highest BCUT2D eigenvalue weighted by Crippen LogP contribution is 2.37. The number of alkyl halides is 3. The number of sulfonamides is 1. The van der Waals surface area contributed by atoms with Crippen molar-refractivity contribution in [2.24, 2.45) is 0 Å². The molecule has 2 N–H and O–H groups in total. The van der Waals surface area contributed by atoms with E-state index in [-0.39, 0.29) is 11.6 Å². The van der Waals surface area contributed by atoms with Gasteiger partial charge in [0, 0.05) is 18.3 Å². The van der Waals surface area contributed by atoms with E-state index in [1.807, 2.05) is 0 Å². The molecule has 2 aromatic rings. The zero-order valence-electron chi connectivity index (χ0n) is 15.7. The van der Waals surface area contributed by atoms with E-state index in [9.17, 15) is 31.2 Å². The molecule has 2 aromatic carbocycles. The summed E-state index contributed by atoms with van der Waals surface area (Å²) >= 11 is 5.56. The molecule has 7 nitrogen and oxygen atoms in total. The lowest BCUT2D eigenvalue weighted by molar-refractivity contribution is -0.137. The fraction of sp³-hybridized carbons (Fsp3) is 0.222. The molecular weight excluding hydrogens is 447 g/mol. The number of hydrogen-bond acceptors (Lipinski definition) is 4. The standard InChI is InChI=1S/C18H17ClF3N3O4S/c1-11(26)23-12-3-5-13(6-4-12)24-17(27)10-25(30(2,28)29)14-7-8-16(19)15(9-14)18(20,21)22/h3-9H,10H2,1-2H3,(H,23,26)(H,24,27). The van der Waals surface area contributed by atoms with Crippen molar-refractivity contribution in [1.82, 2.24) is 0 Å². The fourth-order valence-electron chi connectivity index (χ4n) is 2.46. The van der Waals surface area contributed by atoms with Crippen LogP contribution in [-0.4, -0.2) is 33.0 Å². The van der Waals surface area contributed by atoms with Crippen molar-refractivity contribution in [3.8, 4) is 0 Å². The van der Waals surface area contributed by atoms with Crippen LogP contribution in [0.2, 0.25) is 5.02 Å². The number of carbonyl (C=O) groups is 2. The highest BCUT2D eigenvalue weighted by molar-refractivity contribution is 7.92. The van der Waals surface area contributed by atoms with Gasteiger partial charge in [-0.15, -0.1) is 0 Å². The van der Waals surface area contributed by atoms with Gasteiger partial charge in [0.2, 0.25) is 21.8 Å². The van der Waals surface area contributed by atoms with Gasteiger partial charge in [0.15, 0.2) is 0 Å². The Balaban J connectivity index is 2.24. The first-order valence-corrected chi connectivity index (χ1v) is 10.5. The van der Waals surface area contributed by atoms with E-state index >= 15 is 0 Å². The van der Waals surface area contributed by atoms with Crippen LogP contribution in [0.4, 0.5) is 30.2 Å². The summed E-state index contributed by atoms with van der Waals surface area (Å²) in [6.45, 7) is 0.571. The third-order valence-corrected chi connectivity index (χ3v) is 5.19. The Hall–Kier alpha value is -2.79. The summed E-state index contributed by atoms with van der Waals surface area (Å²) in [4.78, 5) is 23.3. The Kier molecular flexibility index (Phi) is 6.99. The first-order valence-electron chi connectivity index (χ1n) is 8.29. The van der Waals surface area contributed by atoms with Gasteiger partial charge in [-0.05, 0) is 42.5 Å². The molecule has 0 atom stereocenters. The molecule has 0 aromatic heterocycles. The van der Waals surface area contributed by atoms with Crippen LogP contribution in [-0.2, 0) is 25.8 Å². The summed E-state index contributed by atoms with van der Waals surface area (Å²) in [5, 5.41) is 4.39. The molecule has 0 saturated heterocycles. The van der Waals surface area contributed by atoms with E-state index in [2.05, 4.69) is 10.6 Å². The van der Waals surface area contributed by atoms with Crippen molar-refractivity contribution in [2.45, 2.75) is 13.1 Å². The summed E-state index contributed by atoms with van der Waals surface area (Å²) < 4.78 is 64.0. The highest BCUT2D eigenvalue weighted by atomic mass is 35.5. The van der Waals surface area contributed by atoms with Crippen molar-refractivity contribution in [3.63, 3.8) is 0 Å². The van der Waals surface area contributed by atoms with Crippen LogP contribution in [0, 0.1) is 0 Å². The van der Waals surface area contributed by atoms with Gasteiger partial charge in [0.1, 0.15) is 6.54 Å². The van der Waals surface area contributed by atoms with Crippen LogP contribution < -0.4 is 14.9 Å². The van der Waals surface area contributed by atoms with Crippen molar-refractivity contribution < 1.29 is 31.2 Å². The van der Waals surface area contributed by atoms with E-state index in [4.69, 9.17) is 11.6 Å². The lowest BCUT2D eigenvalue weighted by Crippen LogP contribution is -2.37. The topological polar surface area (TPSA) is 95.6 Å². The molecule has 2 rings (SSSR count). The SMILES string of the molecule is CC(=O)Nc1ccc(NC(=O)CN(c2ccc(Cl)c(C(F)(F)F)c2)S(C)(=O)=O)cc1. The molecule has 0 spiro atoms. The van der Waals surface area contributed by atoms with Crippen LogP contribution in [0.15, 0.2) is 42.5 Å². The van der Waals surface area contributed by atoms with Gasteiger partial charge in [0.25, 0.3) is 0 Å². The molecule has 0 bridgehead atoms. The minimum absolute atomic E-state index is 0.281. The van der Waals surface area contributed by atoms with Crippen LogP contribution in [0.3, 0.4) is 0 Å². The first-order chi connectivity index (χ1) is 13.8. The molecule has 0 saturated carbocycles. The number of benzene rings is 2. The van der Waals surface area contributed by atoms with E-state index < -0.39 is 39.2 Å². The van der Waals surface area contributed by atoms with E-state index in [1.165, 1.54) is 31.2 Å². The lowest BCUT2D eigenvalue weighted by Gasteiger charge is -2.23. The second-order valence-corrected chi connectivity index (χ2v) is 8.55. The number of anilines is 3. The van der Waals surface area contributed by atoms with E-state index in [0.29, 0.717) is 21.7 Å². The number of nitrogens with zero attached hydrogens (tertiary/aromatic N) is 1. The van der Waals surface area contributed by atoms with Gasteiger partial charge >= 0.3 is 6.18 Å². The Morgan fingerprint density at radius 3 is 2.03 bits per heavy atom. The molecule has 0 fully saturated rings. The second-order valence-electron chi connectivity index (χ2n) is 6.24. The Morgan fingerprint density at radius 1 is 1.03 bits per heavy atom. The van der Waals surface area contributed by atoms with Crippen LogP contribution in [0.25, 0.3) is 0 Å². The molecular formula is C18H17ClF3N3O4S. The second kappa shape index (κ2) is 8.92. The molecule has 12 heteroatoms. The van der Waals surface area contributed by atoms with Gasteiger partial charge in [-0.25, -0.2) is 8.42 Å². The number of hydrogen-bond donors (Lipinski definition) is 2. The van der Waals surface area contributed by atoms with Gasteiger partial charge in [-0.1, -0.05) is 11.6 Å². The fourth-order valence-corrected chi connectivity index (χ4v) is 3.53. The average molecular weight is 464 g/mol. The van der Waals surface area contributed by atoms with Crippen LogP contribution in [0.1, 0.15) is 12.5 Å². The smallest absolute Gasteiger partial charge is 0.326 e. The zero-order chi connectivity index (χ0) is 22.7. The maximum atomic E-state index is 13.1. The summed E-state index contributed by atoms with van der Waals surface area (Å²) in [6, 6.07) is 8.53. The number of carbonyl (C=O) groups excluding carboxylic acids is 2. The largest absolute Gasteiger partial charge is 0.417 e. The molecule has 0 heterocycles. The quantitative estimate of drug-likeness (QED) is 0.682. The van der Waals surface area contributed by atoms with Crippen molar-refractivity contribution in [1.29, 1.82) is 0 Å². The minimum atomic E-state index is -4.80. The zero-order valence-corrected chi connectivity index (χ0v) is 17.3. The van der Waals surface area contributed by atoms with E-state index in [1.54, 1.807) is 0 Å². The maximum absolute atomic E-state index is 13.1. The molecule has 0 radical (unpaired) electrons. The lowest BCUT2D eigenvalue weighted by atomic mass is 10.2. The Morgan fingerprint density at radius 2 is 1.57 bits per heavy atom. The van der Waals surface area contributed by atoms with Crippen molar-refractivity contribution >= 4 is 50.5 Å². The van der Waals surface area contributed by atoms with Gasteiger partial charge in [-0.2, -0.15) is 13.2 Å². The van der Waals surface area contributed by atoms with Gasteiger partial charge < -0.3 is 10.6 Å². The molecule has 0 aliphatic rings. The third kappa shape index (κ3) is 6.36. The summed E-state index contributed by atoms with van der Waals surface area (Å²) in [5.41, 5.74) is -0.789. The summed E-state index contributed by atoms with van der Waals surface area (Å²) in [7, 11) is -4.09. The molecule has 0 aliphatic heterocycles. The predicted octanol–water partition coefficient (Wildman–Crippen LogP) is 3.72. The predicted molar refractivity (Wildman–Crippen MR) is 108 cm³/mol. The molecule has 30 heavy (non-hydrogen) atoms. The number of nitrogens with one attached hydrogen (secondary N) is 2. The minimum Gasteiger partial charge on any atom is -0.326 e. The highest BCUT2D eigenvalue weighted by Gasteiger charge is 2.34. The van der Waals surface area contributed by atoms with Crippen molar-refractivity contribution in [3.05, 3.63) is 53.1 Å². The monoisotopic (exact) mass is 463 g/mol. The Bertz CT molecular complexity index is 1060. The van der Waals surface area contributed by atoms with Crippen LogP contribution in [0.5, 0.6) is 0 Å². The number of amides is 2. The molecule has 2 amide bonds. The van der Waals surface area contributed by atoms with E-state index in [0.717, 1.165) is 18.4 Å². The molecule has 0 aliphatic carbocycles. The molecule has 162 valence electrons. The van der Waals surface area contributed by atoms with Gasteiger partial charge in [0.05, 0.1) is 22.5 Å². The maximum Gasteiger partial charge on any atom is 0.417 e. The normalized spacial score (nSPS) is 11.7. The average Bonchev–Trinajstić information content (AvgIpc) is 2.60. The Labute approximate surface area is 175 Å².